The van der Waals surface area contributed by atoms with Gasteiger partial charge in [-0.05, 0) is 71.1 Å². The average Bonchev–Trinajstić information content (AvgIpc) is 2.97. The van der Waals surface area contributed by atoms with Crippen LogP contribution >= 0.6 is 0 Å². The minimum absolute atomic E-state index is 0.0994. The lowest BCUT2D eigenvalue weighted by atomic mass is 10.1. The predicted octanol–water partition coefficient (Wildman–Crippen LogP) is 7.22. The summed E-state index contributed by atoms with van der Waals surface area (Å²) in [5.74, 6) is -0.0368. The van der Waals surface area contributed by atoms with Gasteiger partial charge in [-0.15, -0.1) is 0 Å². The Morgan fingerprint density at radius 2 is 1.45 bits per heavy atom. The number of hydrogen-bond donors (Lipinski definition) is 2. The van der Waals surface area contributed by atoms with E-state index in [0.29, 0.717) is 31.0 Å². The highest BCUT2D eigenvalue weighted by atomic mass is 16.6. The van der Waals surface area contributed by atoms with Crippen molar-refractivity contribution >= 4 is 24.1 Å². The molecule has 0 heterocycles. The highest BCUT2D eigenvalue weighted by Gasteiger charge is 2.26. The van der Waals surface area contributed by atoms with Crippen LogP contribution in [0.5, 0.6) is 5.75 Å². The molecule has 44 heavy (non-hydrogen) atoms. The van der Waals surface area contributed by atoms with E-state index in [1.807, 2.05) is 45.9 Å². The summed E-state index contributed by atoms with van der Waals surface area (Å²) in [6.45, 7) is 16.8. The van der Waals surface area contributed by atoms with E-state index in [4.69, 9.17) is 9.47 Å². The van der Waals surface area contributed by atoms with Crippen LogP contribution in [0.2, 0.25) is 0 Å². The summed E-state index contributed by atoms with van der Waals surface area (Å²) in [7, 11) is 0. The second-order valence-electron chi connectivity index (χ2n) is 12.1. The first-order valence-corrected chi connectivity index (χ1v) is 16.1. The number of carbonyl (C=O) groups excluding carboxylic acids is 4. The van der Waals surface area contributed by atoms with Gasteiger partial charge in [0, 0.05) is 30.7 Å². The first kappa shape index (κ1) is 38.5. The lowest BCUT2D eigenvalue weighted by Crippen LogP contribution is -2.51. The van der Waals surface area contributed by atoms with Gasteiger partial charge >= 0.3 is 24.1 Å². The Labute approximate surface area is 264 Å². The van der Waals surface area contributed by atoms with Crippen LogP contribution in [0.1, 0.15) is 105 Å². The van der Waals surface area contributed by atoms with Crippen LogP contribution in [0.15, 0.2) is 36.4 Å². The molecule has 0 saturated heterocycles. The number of imide groups is 1. The number of benzene rings is 1. The lowest BCUT2D eigenvalue weighted by Gasteiger charge is -2.35. The van der Waals surface area contributed by atoms with E-state index in [-0.39, 0.29) is 19.2 Å². The van der Waals surface area contributed by atoms with Crippen LogP contribution in [-0.2, 0) is 16.0 Å². The first-order chi connectivity index (χ1) is 20.9. The molecule has 1 aromatic carbocycles. The molecule has 0 fully saturated rings. The normalized spacial score (nSPS) is 11.0. The summed E-state index contributed by atoms with van der Waals surface area (Å²) in [6, 6.07) is 6.70. The maximum Gasteiger partial charge on any atom is 0.423 e. The molecule has 0 saturated carbocycles. The monoisotopic (exact) mass is 616 g/mol. The number of amides is 5. The number of ether oxygens (including phenoxy) is 2. The number of hydrogen-bond acceptors (Lipinski definition) is 6. The number of esters is 1. The second-order valence-corrected chi connectivity index (χ2v) is 12.1. The molecular weight excluding hydrogens is 560 g/mol. The van der Waals surface area contributed by atoms with Crippen molar-refractivity contribution in [2.24, 2.45) is 0 Å². The smallest absolute Gasteiger partial charge is 0.423 e. The van der Waals surface area contributed by atoms with Crippen LogP contribution < -0.4 is 15.4 Å². The number of carbonyl (C=O) groups is 4. The van der Waals surface area contributed by atoms with E-state index in [9.17, 15) is 19.2 Å². The van der Waals surface area contributed by atoms with E-state index in [2.05, 4.69) is 24.1 Å². The molecule has 5 amide bonds. The molecule has 1 aromatic rings. The van der Waals surface area contributed by atoms with Gasteiger partial charge in [-0.25, -0.2) is 24.1 Å². The van der Waals surface area contributed by atoms with E-state index < -0.39 is 23.6 Å². The third kappa shape index (κ3) is 15.8. The van der Waals surface area contributed by atoms with Gasteiger partial charge < -0.3 is 25.0 Å². The van der Waals surface area contributed by atoms with Crippen molar-refractivity contribution in [3.05, 3.63) is 42.0 Å². The fourth-order valence-corrected chi connectivity index (χ4v) is 4.41. The van der Waals surface area contributed by atoms with Crippen molar-refractivity contribution in [1.29, 1.82) is 0 Å². The molecule has 0 radical (unpaired) electrons. The molecule has 0 atom stereocenters. The molecule has 1 rings (SSSR count). The largest absolute Gasteiger partial charge is 0.460 e. The number of nitrogens with one attached hydrogen (secondary N) is 2. The molecule has 0 spiro atoms. The standard InChI is InChI=1S/C34H56N4O6/c1-8-10-11-14-17-23-37(33(42)44-29-20-18-19-28(9-2)26-29)31(40)35-21-15-12-13-16-22-36-32(41)38(34(5,6)7)24-25-43-30(39)27(3)4/h18-20,26H,3,8-17,21-25H2,1-2,4-7H3,(H,35,40)(H,36,41). The van der Waals surface area contributed by atoms with E-state index in [1.165, 1.54) is 4.90 Å². The summed E-state index contributed by atoms with van der Waals surface area (Å²) in [4.78, 5) is 53.1. The van der Waals surface area contributed by atoms with Crippen molar-refractivity contribution in [3.8, 4) is 5.75 Å². The van der Waals surface area contributed by atoms with Crippen molar-refractivity contribution in [2.45, 2.75) is 111 Å². The maximum absolute atomic E-state index is 12.9. The van der Waals surface area contributed by atoms with E-state index in [0.717, 1.165) is 69.8 Å². The first-order valence-electron chi connectivity index (χ1n) is 16.1. The third-order valence-corrected chi connectivity index (χ3v) is 7.07. The van der Waals surface area contributed by atoms with Crippen molar-refractivity contribution < 1.29 is 28.7 Å². The minimum atomic E-state index is -0.666. The van der Waals surface area contributed by atoms with Crippen LogP contribution in [0.25, 0.3) is 0 Å². The molecule has 0 aliphatic rings. The van der Waals surface area contributed by atoms with Crippen molar-refractivity contribution in [1.82, 2.24) is 20.4 Å². The molecule has 0 aliphatic carbocycles. The number of urea groups is 2. The molecule has 10 nitrogen and oxygen atoms in total. The van der Waals surface area contributed by atoms with Gasteiger partial charge in [0.1, 0.15) is 12.4 Å². The molecule has 0 unspecified atom stereocenters. The quantitative estimate of drug-likeness (QED) is 0.0963. The summed E-state index contributed by atoms with van der Waals surface area (Å²) in [5.41, 5.74) is 0.939. The van der Waals surface area contributed by atoms with Crippen LogP contribution in [0, 0.1) is 0 Å². The molecule has 10 heteroatoms. The summed E-state index contributed by atoms with van der Waals surface area (Å²) >= 11 is 0. The number of rotatable bonds is 19. The molecule has 0 bridgehead atoms. The Bertz CT molecular complexity index is 1050. The summed E-state index contributed by atoms with van der Waals surface area (Å²) < 4.78 is 10.7. The van der Waals surface area contributed by atoms with E-state index in [1.54, 1.807) is 17.9 Å². The Kier molecular flexibility index (Phi) is 18.5. The minimum Gasteiger partial charge on any atom is -0.460 e. The van der Waals surface area contributed by atoms with Crippen LogP contribution in [-0.4, -0.2) is 72.2 Å². The van der Waals surface area contributed by atoms with Gasteiger partial charge in [0.25, 0.3) is 0 Å². The SMILES string of the molecule is C=C(C)C(=O)OCCN(C(=O)NCCCCCCNC(=O)N(CCCCCCC)C(=O)Oc1cccc(CC)c1)C(C)(C)C. The average molecular weight is 617 g/mol. The van der Waals surface area contributed by atoms with Gasteiger partial charge in [-0.3, -0.25) is 0 Å². The maximum atomic E-state index is 12.9. The zero-order valence-corrected chi connectivity index (χ0v) is 28.0. The Morgan fingerprint density at radius 1 is 0.841 bits per heavy atom. The van der Waals surface area contributed by atoms with Gasteiger partial charge in [0.15, 0.2) is 0 Å². The Morgan fingerprint density at radius 3 is 2.05 bits per heavy atom. The molecular formula is C34H56N4O6. The third-order valence-electron chi connectivity index (χ3n) is 7.07. The van der Waals surface area contributed by atoms with E-state index >= 15 is 0 Å². The number of nitrogens with zero attached hydrogens (tertiary/aromatic N) is 2. The van der Waals surface area contributed by atoms with Crippen LogP contribution in [0.4, 0.5) is 14.4 Å². The fourth-order valence-electron chi connectivity index (χ4n) is 4.41. The topological polar surface area (TPSA) is 117 Å². The van der Waals surface area contributed by atoms with Gasteiger partial charge in [-0.1, -0.05) is 71.1 Å². The molecule has 248 valence electrons. The Hall–Kier alpha value is -3.56. The molecule has 0 aliphatic heterocycles. The highest BCUT2D eigenvalue weighted by Crippen LogP contribution is 2.16. The summed E-state index contributed by atoms with van der Waals surface area (Å²) in [5, 5.41) is 5.81. The molecule has 2 N–H and O–H groups in total. The highest BCUT2D eigenvalue weighted by molar-refractivity contribution is 5.91. The second kappa shape index (κ2) is 21.2. The van der Waals surface area contributed by atoms with Gasteiger partial charge in [0.2, 0.25) is 0 Å². The molecule has 0 aromatic heterocycles. The van der Waals surface area contributed by atoms with Crippen molar-refractivity contribution in [3.63, 3.8) is 0 Å². The number of aryl methyl sites for hydroxylation is 1. The number of unbranched alkanes of at least 4 members (excludes halogenated alkanes) is 7. The van der Waals surface area contributed by atoms with Crippen molar-refractivity contribution in [2.75, 3.05) is 32.8 Å². The fraction of sp³-hybridized carbons (Fsp3) is 0.647. The lowest BCUT2D eigenvalue weighted by molar-refractivity contribution is -0.139. The zero-order valence-electron chi connectivity index (χ0n) is 28.0. The Balaban J connectivity index is 2.46. The van der Waals surface area contributed by atoms with Gasteiger partial charge in [-0.2, -0.15) is 0 Å². The zero-order chi connectivity index (χ0) is 33.0. The van der Waals surface area contributed by atoms with Gasteiger partial charge in [0.05, 0.1) is 6.54 Å². The predicted molar refractivity (Wildman–Crippen MR) is 175 cm³/mol. The van der Waals surface area contributed by atoms with Crippen LogP contribution in [0.3, 0.4) is 0 Å². The summed E-state index contributed by atoms with van der Waals surface area (Å²) in [6.07, 6.45) is 8.43.